The average Bonchev–Trinajstić information content (AvgIpc) is 2.49. The maximum absolute atomic E-state index is 5.07. The van der Waals surface area contributed by atoms with Crippen LogP contribution in [0.4, 0.5) is 0 Å². The molecule has 0 radical (unpaired) electrons. The van der Waals surface area contributed by atoms with Crippen LogP contribution in [0.1, 0.15) is 17.6 Å². The van der Waals surface area contributed by atoms with Crippen LogP contribution >= 0.6 is 11.3 Å². The fraction of sp³-hybridized carbons (Fsp3) is 0.667. The second kappa shape index (κ2) is 4.17. The summed E-state index contributed by atoms with van der Waals surface area (Å²) in [5.41, 5.74) is 1.16. The molecule has 1 aliphatic rings. The lowest BCUT2D eigenvalue weighted by atomic mass is 10.2. The smallest absolute Gasteiger partial charge is 0.0926 e. The molecule has 0 aromatic carbocycles. The van der Waals surface area contributed by atoms with E-state index in [0.717, 1.165) is 31.9 Å². The van der Waals surface area contributed by atoms with Gasteiger partial charge in [-0.05, 0) is 6.42 Å². The molecule has 0 aliphatic carbocycles. The zero-order valence-corrected chi connectivity index (χ0v) is 8.56. The predicted octanol–water partition coefficient (Wildman–Crippen LogP) is 1.19. The highest BCUT2D eigenvalue weighted by Crippen LogP contribution is 2.10. The lowest BCUT2D eigenvalue weighted by Crippen LogP contribution is -2.45. The van der Waals surface area contributed by atoms with E-state index >= 15 is 0 Å². The van der Waals surface area contributed by atoms with Crippen LogP contribution in [0.25, 0.3) is 0 Å². The molecule has 3 nitrogen and oxygen atoms in total. The minimum atomic E-state index is 0.548. The first-order chi connectivity index (χ1) is 6.38. The molecule has 0 bridgehead atoms. The first-order valence-electron chi connectivity index (χ1n) is 4.63. The highest BCUT2D eigenvalue weighted by Gasteiger charge is 2.17. The number of nitrogens with zero attached hydrogens (tertiary/aromatic N) is 1. The van der Waals surface area contributed by atoms with Crippen LogP contribution in [0.5, 0.6) is 0 Å². The molecule has 1 N–H and O–H groups in total. The second-order valence-corrected chi connectivity index (χ2v) is 4.14. The van der Waals surface area contributed by atoms with Crippen LogP contribution in [0, 0.1) is 0 Å². The van der Waals surface area contributed by atoms with E-state index in [1.807, 2.05) is 0 Å². The quantitative estimate of drug-likeness (QED) is 0.789. The van der Waals surface area contributed by atoms with Gasteiger partial charge < -0.3 is 10.1 Å². The molecule has 72 valence electrons. The van der Waals surface area contributed by atoms with E-state index in [1.54, 1.807) is 11.3 Å². The van der Waals surface area contributed by atoms with Gasteiger partial charge in [-0.1, -0.05) is 6.92 Å². The average molecular weight is 198 g/mol. The van der Waals surface area contributed by atoms with Gasteiger partial charge in [-0.15, -0.1) is 11.3 Å². The van der Waals surface area contributed by atoms with E-state index in [2.05, 4.69) is 22.6 Å². The Morgan fingerprint density at radius 3 is 3.08 bits per heavy atom. The Morgan fingerprint density at radius 1 is 1.69 bits per heavy atom. The number of aromatic nitrogens is 1. The summed E-state index contributed by atoms with van der Waals surface area (Å²) in [6.07, 6.45) is 1.04. The van der Waals surface area contributed by atoms with Crippen molar-refractivity contribution in [2.45, 2.75) is 25.9 Å². The molecule has 0 spiro atoms. The van der Waals surface area contributed by atoms with Crippen molar-refractivity contribution in [1.82, 2.24) is 10.3 Å². The zero-order valence-electron chi connectivity index (χ0n) is 7.75. The normalized spacial score (nSPS) is 17.3. The molecule has 13 heavy (non-hydrogen) atoms. The molecule has 1 aromatic rings. The largest absolute Gasteiger partial charge is 0.378 e. The number of thiazole rings is 1. The van der Waals surface area contributed by atoms with E-state index in [0.29, 0.717) is 6.04 Å². The number of rotatable bonds is 4. The molecule has 1 saturated heterocycles. The van der Waals surface area contributed by atoms with Gasteiger partial charge in [-0.3, -0.25) is 0 Å². The van der Waals surface area contributed by atoms with E-state index in [9.17, 15) is 0 Å². The van der Waals surface area contributed by atoms with Crippen LogP contribution in [0.15, 0.2) is 5.38 Å². The van der Waals surface area contributed by atoms with Crippen LogP contribution < -0.4 is 5.32 Å². The van der Waals surface area contributed by atoms with Crippen molar-refractivity contribution in [1.29, 1.82) is 0 Å². The summed E-state index contributed by atoms with van der Waals surface area (Å²) in [6.45, 7) is 4.72. The van der Waals surface area contributed by atoms with Gasteiger partial charge in [0.15, 0.2) is 0 Å². The van der Waals surface area contributed by atoms with Gasteiger partial charge in [0, 0.05) is 11.9 Å². The molecule has 2 rings (SSSR count). The van der Waals surface area contributed by atoms with Crippen LogP contribution in [0.2, 0.25) is 0 Å². The summed E-state index contributed by atoms with van der Waals surface area (Å²) in [6, 6.07) is 0.548. The fourth-order valence-corrected chi connectivity index (χ4v) is 1.94. The highest BCUT2D eigenvalue weighted by molar-refractivity contribution is 7.09. The predicted molar refractivity (Wildman–Crippen MR) is 52.9 cm³/mol. The lowest BCUT2D eigenvalue weighted by molar-refractivity contribution is -0.00589. The molecule has 4 heteroatoms. The van der Waals surface area contributed by atoms with Crippen LogP contribution in [0.3, 0.4) is 0 Å². The van der Waals surface area contributed by atoms with Gasteiger partial charge >= 0.3 is 0 Å². The van der Waals surface area contributed by atoms with Gasteiger partial charge in [-0.2, -0.15) is 0 Å². The monoisotopic (exact) mass is 198 g/mol. The molecule has 2 heterocycles. The third-order valence-electron chi connectivity index (χ3n) is 2.11. The molecule has 0 saturated carbocycles. The Morgan fingerprint density at radius 2 is 2.54 bits per heavy atom. The van der Waals surface area contributed by atoms with Crippen molar-refractivity contribution < 1.29 is 4.74 Å². The third-order valence-corrected chi connectivity index (χ3v) is 3.15. The summed E-state index contributed by atoms with van der Waals surface area (Å²) in [5.74, 6) is 0. The SMILES string of the molecule is CCc1nc(CNC2COC2)cs1. The maximum atomic E-state index is 5.07. The van der Waals surface area contributed by atoms with Crippen molar-refractivity contribution in [2.75, 3.05) is 13.2 Å². The van der Waals surface area contributed by atoms with Gasteiger partial charge in [0.2, 0.25) is 0 Å². The number of hydrogen-bond donors (Lipinski definition) is 1. The number of aryl methyl sites for hydroxylation is 1. The molecular formula is C9H14N2OS. The Bertz CT molecular complexity index is 270. The van der Waals surface area contributed by atoms with Crippen molar-refractivity contribution >= 4 is 11.3 Å². The third kappa shape index (κ3) is 2.27. The molecule has 0 amide bonds. The van der Waals surface area contributed by atoms with Gasteiger partial charge in [-0.25, -0.2) is 4.98 Å². The summed E-state index contributed by atoms with van der Waals surface area (Å²) >= 11 is 1.74. The topological polar surface area (TPSA) is 34.2 Å². The maximum Gasteiger partial charge on any atom is 0.0926 e. The minimum absolute atomic E-state index is 0.548. The first kappa shape index (κ1) is 9.12. The van der Waals surface area contributed by atoms with Crippen LogP contribution in [-0.2, 0) is 17.7 Å². The minimum Gasteiger partial charge on any atom is -0.378 e. The second-order valence-electron chi connectivity index (χ2n) is 3.20. The fourth-order valence-electron chi connectivity index (χ4n) is 1.19. The van der Waals surface area contributed by atoms with E-state index in [1.165, 1.54) is 5.01 Å². The number of nitrogens with one attached hydrogen (secondary N) is 1. The van der Waals surface area contributed by atoms with Gasteiger partial charge in [0.25, 0.3) is 0 Å². The molecular weight excluding hydrogens is 184 g/mol. The number of hydrogen-bond acceptors (Lipinski definition) is 4. The lowest BCUT2D eigenvalue weighted by Gasteiger charge is -2.26. The molecule has 0 unspecified atom stereocenters. The van der Waals surface area contributed by atoms with Gasteiger partial charge in [0.1, 0.15) is 0 Å². The van der Waals surface area contributed by atoms with Crippen LogP contribution in [-0.4, -0.2) is 24.2 Å². The van der Waals surface area contributed by atoms with Crippen molar-refractivity contribution in [3.05, 3.63) is 16.1 Å². The first-order valence-corrected chi connectivity index (χ1v) is 5.51. The summed E-state index contributed by atoms with van der Waals surface area (Å²) in [5, 5.41) is 6.75. The van der Waals surface area contributed by atoms with E-state index < -0.39 is 0 Å². The Labute approximate surface area is 82.1 Å². The molecule has 1 fully saturated rings. The summed E-state index contributed by atoms with van der Waals surface area (Å²) < 4.78 is 5.07. The Balaban J connectivity index is 1.79. The van der Waals surface area contributed by atoms with Crippen molar-refractivity contribution in [2.24, 2.45) is 0 Å². The molecule has 0 atom stereocenters. The summed E-state index contributed by atoms with van der Waals surface area (Å²) in [7, 11) is 0. The standard InChI is InChI=1S/C9H14N2OS/c1-2-9-11-7(6-13-9)3-10-8-4-12-5-8/h6,8,10H,2-5H2,1H3. The zero-order chi connectivity index (χ0) is 9.10. The highest BCUT2D eigenvalue weighted by atomic mass is 32.1. The molecule has 1 aromatic heterocycles. The summed E-state index contributed by atoms with van der Waals surface area (Å²) in [4.78, 5) is 4.47. The van der Waals surface area contributed by atoms with E-state index in [-0.39, 0.29) is 0 Å². The molecule has 1 aliphatic heterocycles. The number of ether oxygens (including phenoxy) is 1. The van der Waals surface area contributed by atoms with Gasteiger partial charge in [0.05, 0.1) is 30.0 Å². The van der Waals surface area contributed by atoms with Crippen molar-refractivity contribution in [3.8, 4) is 0 Å². The van der Waals surface area contributed by atoms with E-state index in [4.69, 9.17) is 4.74 Å². The Hall–Kier alpha value is -0.450. The van der Waals surface area contributed by atoms with Crippen molar-refractivity contribution in [3.63, 3.8) is 0 Å². The Kier molecular flexibility index (Phi) is 2.93.